The second kappa shape index (κ2) is 8.27. The number of aromatic nitrogens is 2. The molecule has 33 heavy (non-hydrogen) atoms. The van der Waals surface area contributed by atoms with E-state index in [-0.39, 0.29) is 16.9 Å². The molecule has 0 radical (unpaired) electrons. The van der Waals surface area contributed by atoms with E-state index in [1.807, 2.05) is 0 Å². The van der Waals surface area contributed by atoms with Crippen molar-refractivity contribution < 1.29 is 27.2 Å². The summed E-state index contributed by atoms with van der Waals surface area (Å²) in [6.07, 6.45) is -1.56. The van der Waals surface area contributed by atoms with E-state index in [0.29, 0.717) is 16.8 Å². The van der Waals surface area contributed by atoms with Gasteiger partial charge in [0.15, 0.2) is 0 Å². The van der Waals surface area contributed by atoms with E-state index in [1.54, 1.807) is 19.9 Å². The minimum atomic E-state index is -4.50. The van der Waals surface area contributed by atoms with Crippen molar-refractivity contribution in [1.82, 2.24) is 9.97 Å². The first kappa shape index (κ1) is 22.4. The maximum atomic E-state index is 15.0. The van der Waals surface area contributed by atoms with Crippen LogP contribution in [0.4, 0.5) is 28.9 Å². The number of carbonyl (C=O) groups excluding carboxylic acids is 2. The van der Waals surface area contributed by atoms with Crippen molar-refractivity contribution in [3.63, 3.8) is 0 Å². The molecule has 6 nitrogen and oxygen atoms in total. The molecular weight excluding hydrogens is 440 g/mol. The molecule has 3 heterocycles. The molecule has 2 aromatic heterocycles. The van der Waals surface area contributed by atoms with Crippen molar-refractivity contribution in [2.75, 3.05) is 16.8 Å². The van der Waals surface area contributed by atoms with Crippen LogP contribution in [0.25, 0.3) is 11.1 Å². The SMILES string of the molecule is Cc1cc2c(c(F)n1)-c1cnccc1C(C)C(=O)N2CC(=O)Nc1ccc(C(F)(F)F)cc1. The van der Waals surface area contributed by atoms with Crippen molar-refractivity contribution in [2.24, 2.45) is 0 Å². The third kappa shape index (κ3) is 4.28. The van der Waals surface area contributed by atoms with Crippen LogP contribution in [0.5, 0.6) is 0 Å². The summed E-state index contributed by atoms with van der Waals surface area (Å²) in [4.78, 5) is 35.1. The summed E-state index contributed by atoms with van der Waals surface area (Å²) in [5.41, 5.74) is 0.779. The summed E-state index contributed by atoms with van der Waals surface area (Å²) in [6, 6.07) is 7.06. The molecule has 0 bridgehead atoms. The van der Waals surface area contributed by atoms with E-state index < -0.39 is 42.0 Å². The van der Waals surface area contributed by atoms with Crippen LogP contribution >= 0.6 is 0 Å². The number of amides is 2. The van der Waals surface area contributed by atoms with Gasteiger partial charge in [-0.15, -0.1) is 0 Å². The molecule has 1 atom stereocenters. The summed E-state index contributed by atoms with van der Waals surface area (Å²) in [7, 11) is 0. The lowest BCUT2D eigenvalue weighted by Crippen LogP contribution is -2.40. The van der Waals surface area contributed by atoms with E-state index in [2.05, 4.69) is 15.3 Å². The van der Waals surface area contributed by atoms with Crippen LogP contribution in [0, 0.1) is 12.9 Å². The second-order valence-corrected chi connectivity index (χ2v) is 7.68. The highest BCUT2D eigenvalue weighted by atomic mass is 19.4. The standard InChI is InChI=1S/C23H18F4N4O2/c1-12-9-18-20(21(24)29-12)17-10-28-8-7-16(17)13(2)22(33)31(18)11-19(32)30-15-5-3-14(4-6-15)23(25,26)27/h3-10,13H,11H2,1-2H3,(H,30,32). The average Bonchev–Trinajstić information content (AvgIpc) is 2.83. The van der Waals surface area contributed by atoms with Gasteiger partial charge in [-0.05, 0) is 55.8 Å². The lowest BCUT2D eigenvalue weighted by atomic mass is 9.94. The van der Waals surface area contributed by atoms with Gasteiger partial charge in [0.05, 0.1) is 22.7 Å². The molecule has 3 aromatic rings. The predicted octanol–water partition coefficient (Wildman–Crippen LogP) is 4.70. The number of pyridine rings is 2. The van der Waals surface area contributed by atoms with E-state index in [1.165, 1.54) is 18.5 Å². The number of alkyl halides is 3. The van der Waals surface area contributed by atoms with Gasteiger partial charge in [0.25, 0.3) is 0 Å². The number of carbonyl (C=O) groups is 2. The molecule has 170 valence electrons. The predicted molar refractivity (Wildman–Crippen MR) is 113 cm³/mol. The zero-order chi connectivity index (χ0) is 23.9. The third-order valence-corrected chi connectivity index (χ3v) is 5.40. The van der Waals surface area contributed by atoms with Crippen molar-refractivity contribution in [3.8, 4) is 11.1 Å². The van der Waals surface area contributed by atoms with Crippen LogP contribution in [-0.2, 0) is 15.8 Å². The summed E-state index contributed by atoms with van der Waals surface area (Å²) in [6.45, 7) is 2.74. The monoisotopic (exact) mass is 458 g/mol. The first-order valence-electron chi connectivity index (χ1n) is 9.96. The Morgan fingerprint density at radius 3 is 2.55 bits per heavy atom. The molecule has 4 rings (SSSR count). The van der Waals surface area contributed by atoms with Crippen LogP contribution in [-0.4, -0.2) is 28.3 Å². The second-order valence-electron chi connectivity index (χ2n) is 7.68. The lowest BCUT2D eigenvalue weighted by Gasteiger charge is -2.24. The fourth-order valence-corrected chi connectivity index (χ4v) is 3.81. The number of nitrogens with one attached hydrogen (secondary N) is 1. The van der Waals surface area contributed by atoms with Crippen LogP contribution in [0.2, 0.25) is 0 Å². The van der Waals surface area contributed by atoms with Gasteiger partial charge in [0.1, 0.15) is 6.54 Å². The van der Waals surface area contributed by atoms with E-state index >= 15 is 0 Å². The zero-order valence-electron chi connectivity index (χ0n) is 17.6. The summed E-state index contributed by atoms with van der Waals surface area (Å²) >= 11 is 0. The topological polar surface area (TPSA) is 75.2 Å². The molecule has 0 saturated heterocycles. The Morgan fingerprint density at radius 1 is 1.18 bits per heavy atom. The Balaban J connectivity index is 1.68. The number of halogens is 4. The van der Waals surface area contributed by atoms with E-state index in [4.69, 9.17) is 0 Å². The van der Waals surface area contributed by atoms with Gasteiger partial charge in [-0.3, -0.25) is 14.6 Å². The molecule has 0 aliphatic carbocycles. The largest absolute Gasteiger partial charge is 0.416 e. The number of hydrogen-bond acceptors (Lipinski definition) is 4. The van der Waals surface area contributed by atoms with E-state index in [9.17, 15) is 27.2 Å². The van der Waals surface area contributed by atoms with Gasteiger partial charge in [0.2, 0.25) is 17.8 Å². The van der Waals surface area contributed by atoms with Crippen molar-refractivity contribution in [1.29, 1.82) is 0 Å². The number of anilines is 2. The van der Waals surface area contributed by atoms with Crippen LogP contribution in [0.1, 0.15) is 29.7 Å². The zero-order valence-corrected chi connectivity index (χ0v) is 17.6. The number of aryl methyl sites for hydroxylation is 1. The first-order chi connectivity index (χ1) is 15.6. The molecule has 0 saturated carbocycles. The number of benzene rings is 1. The molecule has 1 unspecified atom stereocenters. The average molecular weight is 458 g/mol. The minimum Gasteiger partial charge on any atom is -0.325 e. The highest BCUT2D eigenvalue weighted by Gasteiger charge is 2.35. The van der Waals surface area contributed by atoms with Gasteiger partial charge in [-0.2, -0.15) is 17.6 Å². The van der Waals surface area contributed by atoms with E-state index in [0.717, 1.165) is 29.2 Å². The molecule has 0 spiro atoms. The van der Waals surface area contributed by atoms with Crippen molar-refractivity contribution >= 4 is 23.2 Å². The quantitative estimate of drug-likeness (QED) is 0.456. The van der Waals surface area contributed by atoms with Gasteiger partial charge >= 0.3 is 6.18 Å². The smallest absolute Gasteiger partial charge is 0.325 e. The molecule has 1 aromatic carbocycles. The molecular formula is C23H18F4N4O2. The number of hydrogen-bond donors (Lipinski definition) is 1. The molecule has 2 amide bonds. The minimum absolute atomic E-state index is 0.0590. The highest BCUT2D eigenvalue weighted by molar-refractivity contribution is 6.09. The summed E-state index contributed by atoms with van der Waals surface area (Å²) < 4.78 is 53.2. The van der Waals surface area contributed by atoms with Gasteiger partial charge in [-0.25, -0.2) is 4.98 Å². The normalized spacial score (nSPS) is 15.5. The maximum Gasteiger partial charge on any atom is 0.416 e. The Hall–Kier alpha value is -3.82. The lowest BCUT2D eigenvalue weighted by molar-refractivity contribution is -0.137. The molecule has 1 aliphatic heterocycles. The Kier molecular flexibility index (Phi) is 5.61. The van der Waals surface area contributed by atoms with Gasteiger partial charge in [0, 0.05) is 29.3 Å². The Bertz CT molecular complexity index is 1240. The van der Waals surface area contributed by atoms with Gasteiger partial charge < -0.3 is 10.2 Å². The Labute approximate surface area is 186 Å². The fraction of sp³-hybridized carbons (Fsp3) is 0.217. The maximum absolute atomic E-state index is 15.0. The Morgan fingerprint density at radius 2 is 1.88 bits per heavy atom. The number of rotatable bonds is 3. The highest BCUT2D eigenvalue weighted by Crippen LogP contribution is 2.41. The number of fused-ring (bicyclic) bond motifs is 3. The summed E-state index contributed by atoms with van der Waals surface area (Å²) in [5, 5.41) is 2.48. The van der Waals surface area contributed by atoms with Crippen LogP contribution < -0.4 is 10.2 Å². The number of nitrogens with zero attached hydrogens (tertiary/aromatic N) is 3. The molecule has 1 aliphatic rings. The van der Waals surface area contributed by atoms with Gasteiger partial charge in [-0.1, -0.05) is 0 Å². The van der Waals surface area contributed by atoms with Crippen molar-refractivity contribution in [2.45, 2.75) is 25.9 Å². The summed E-state index contributed by atoms with van der Waals surface area (Å²) in [5.74, 6) is -2.59. The van der Waals surface area contributed by atoms with Crippen molar-refractivity contribution in [3.05, 3.63) is 71.6 Å². The molecule has 1 N–H and O–H groups in total. The van der Waals surface area contributed by atoms with Crippen LogP contribution in [0.15, 0.2) is 48.8 Å². The fourth-order valence-electron chi connectivity index (χ4n) is 3.81. The molecule has 0 fully saturated rings. The molecule has 10 heteroatoms. The third-order valence-electron chi connectivity index (χ3n) is 5.40. The first-order valence-corrected chi connectivity index (χ1v) is 9.96. The van der Waals surface area contributed by atoms with Crippen LogP contribution in [0.3, 0.4) is 0 Å².